The number of pyridine rings is 1. The molecule has 2 aromatic rings. The molecule has 1 saturated heterocycles. The molecule has 5 nitrogen and oxygen atoms in total. The van der Waals surface area contributed by atoms with Crippen molar-refractivity contribution < 1.29 is 9.47 Å². The van der Waals surface area contributed by atoms with Gasteiger partial charge in [-0.25, -0.2) is 0 Å². The van der Waals surface area contributed by atoms with E-state index in [2.05, 4.69) is 28.3 Å². The van der Waals surface area contributed by atoms with Crippen molar-refractivity contribution in [3.63, 3.8) is 0 Å². The summed E-state index contributed by atoms with van der Waals surface area (Å²) in [4.78, 5) is 6.33. The number of nitrogens with zero attached hydrogens (tertiary/aromatic N) is 2. The first-order valence-electron chi connectivity index (χ1n) is 8.42. The lowest BCUT2D eigenvalue weighted by atomic mass is 10.2. The molecule has 24 heavy (non-hydrogen) atoms. The summed E-state index contributed by atoms with van der Waals surface area (Å²) < 4.78 is 11.8. The summed E-state index contributed by atoms with van der Waals surface area (Å²) in [6.07, 6.45) is 3.83. The molecule has 2 heterocycles. The first-order chi connectivity index (χ1) is 11.8. The van der Waals surface area contributed by atoms with Crippen LogP contribution in [-0.4, -0.2) is 49.3 Å². The Bertz CT molecular complexity index is 621. The quantitative estimate of drug-likeness (QED) is 0.844. The molecule has 128 valence electrons. The number of likely N-dealkylation sites (N-methyl/N-ethyl adjacent to an activating group) is 1. The number of rotatable bonds is 7. The van der Waals surface area contributed by atoms with E-state index in [1.54, 1.807) is 12.4 Å². The average molecular weight is 327 g/mol. The summed E-state index contributed by atoms with van der Waals surface area (Å²) in [6, 6.07) is 12.1. The third-order valence-corrected chi connectivity index (χ3v) is 4.15. The molecule has 1 aliphatic heterocycles. The van der Waals surface area contributed by atoms with Crippen molar-refractivity contribution in [1.82, 2.24) is 15.2 Å². The molecule has 1 aliphatic rings. The zero-order valence-electron chi connectivity index (χ0n) is 14.1. The van der Waals surface area contributed by atoms with Crippen molar-refractivity contribution >= 4 is 0 Å². The van der Waals surface area contributed by atoms with Crippen LogP contribution < -0.4 is 10.1 Å². The molecule has 5 heteroatoms. The Morgan fingerprint density at radius 1 is 1.25 bits per heavy atom. The largest absolute Gasteiger partial charge is 0.489 e. The van der Waals surface area contributed by atoms with Crippen LogP contribution in [0.25, 0.3) is 0 Å². The Morgan fingerprint density at radius 3 is 2.92 bits per heavy atom. The maximum atomic E-state index is 5.98. The van der Waals surface area contributed by atoms with Gasteiger partial charge in [0.2, 0.25) is 0 Å². The van der Waals surface area contributed by atoms with Crippen LogP contribution in [0.15, 0.2) is 48.8 Å². The van der Waals surface area contributed by atoms with E-state index in [0.717, 1.165) is 49.7 Å². The number of ether oxygens (including phenoxy) is 2. The minimum absolute atomic E-state index is 0.258. The van der Waals surface area contributed by atoms with E-state index >= 15 is 0 Å². The Morgan fingerprint density at radius 2 is 2.08 bits per heavy atom. The molecule has 1 atom stereocenters. The molecule has 0 aliphatic carbocycles. The lowest BCUT2D eigenvalue weighted by molar-refractivity contribution is -0.0182. The van der Waals surface area contributed by atoms with Gasteiger partial charge in [-0.3, -0.25) is 4.98 Å². The summed E-state index contributed by atoms with van der Waals surface area (Å²) in [6.45, 7) is 4.99. The summed E-state index contributed by atoms with van der Waals surface area (Å²) in [5.74, 6) is 0.920. The van der Waals surface area contributed by atoms with Crippen LogP contribution in [0.5, 0.6) is 5.75 Å². The van der Waals surface area contributed by atoms with Crippen LogP contribution in [0.4, 0.5) is 0 Å². The van der Waals surface area contributed by atoms with Gasteiger partial charge in [0.25, 0.3) is 0 Å². The first kappa shape index (κ1) is 16.9. The highest BCUT2D eigenvalue weighted by Crippen LogP contribution is 2.19. The normalized spacial score (nSPS) is 18.5. The standard InChI is InChI=1S/C19H25N3O2/c1-22-10-11-23-18(14-22)13-21-12-17-4-2-3-5-19(17)24-15-16-6-8-20-9-7-16/h2-9,18,21H,10-15H2,1H3/t18-/m0/s1. The highest BCUT2D eigenvalue weighted by atomic mass is 16.5. The molecule has 0 radical (unpaired) electrons. The molecule has 1 aromatic carbocycles. The second-order valence-corrected chi connectivity index (χ2v) is 6.14. The molecule has 0 saturated carbocycles. The topological polar surface area (TPSA) is 46.6 Å². The highest BCUT2D eigenvalue weighted by Gasteiger charge is 2.17. The second kappa shape index (κ2) is 8.78. The molecule has 0 unspecified atom stereocenters. The highest BCUT2D eigenvalue weighted by molar-refractivity contribution is 5.33. The zero-order chi connectivity index (χ0) is 16.6. The van der Waals surface area contributed by atoms with Crippen molar-refractivity contribution in [3.05, 3.63) is 59.9 Å². The Balaban J connectivity index is 1.50. The van der Waals surface area contributed by atoms with E-state index in [1.165, 1.54) is 0 Å². The zero-order valence-corrected chi connectivity index (χ0v) is 14.1. The molecular formula is C19H25N3O2. The van der Waals surface area contributed by atoms with Crippen LogP contribution in [0.1, 0.15) is 11.1 Å². The summed E-state index contributed by atoms with van der Waals surface area (Å²) in [5, 5.41) is 3.49. The third-order valence-electron chi connectivity index (χ3n) is 4.15. The van der Waals surface area contributed by atoms with Gasteiger partial charge < -0.3 is 19.7 Å². The summed E-state index contributed by atoms with van der Waals surface area (Å²) in [7, 11) is 2.14. The molecule has 1 N–H and O–H groups in total. The predicted octanol–water partition coefficient (Wildman–Crippen LogP) is 2.08. The lowest BCUT2D eigenvalue weighted by Gasteiger charge is -2.30. The fourth-order valence-corrected chi connectivity index (χ4v) is 2.79. The van der Waals surface area contributed by atoms with Gasteiger partial charge in [-0.2, -0.15) is 0 Å². The van der Waals surface area contributed by atoms with Crippen LogP contribution in [-0.2, 0) is 17.9 Å². The van der Waals surface area contributed by atoms with Gasteiger partial charge in [-0.05, 0) is 30.8 Å². The third kappa shape index (κ3) is 5.03. The van der Waals surface area contributed by atoms with Crippen molar-refractivity contribution in [2.75, 3.05) is 33.3 Å². The van der Waals surface area contributed by atoms with E-state index in [4.69, 9.17) is 9.47 Å². The fourth-order valence-electron chi connectivity index (χ4n) is 2.79. The fraction of sp³-hybridized carbons (Fsp3) is 0.421. The number of hydrogen-bond donors (Lipinski definition) is 1. The van der Waals surface area contributed by atoms with E-state index in [-0.39, 0.29) is 6.10 Å². The Kier molecular flexibility index (Phi) is 6.18. The average Bonchev–Trinajstić information content (AvgIpc) is 2.62. The Hall–Kier alpha value is -1.95. The van der Waals surface area contributed by atoms with Gasteiger partial charge in [0.15, 0.2) is 0 Å². The SMILES string of the molecule is CN1CCO[C@@H](CNCc2ccccc2OCc2ccncc2)C1. The summed E-state index contributed by atoms with van der Waals surface area (Å²) in [5.41, 5.74) is 2.28. The maximum absolute atomic E-state index is 5.98. The van der Waals surface area contributed by atoms with Gasteiger partial charge in [0.05, 0.1) is 12.7 Å². The van der Waals surface area contributed by atoms with E-state index in [0.29, 0.717) is 6.61 Å². The molecule has 0 amide bonds. The van der Waals surface area contributed by atoms with Crippen LogP contribution in [0, 0.1) is 0 Å². The lowest BCUT2D eigenvalue weighted by Crippen LogP contribution is -2.44. The summed E-state index contributed by atoms with van der Waals surface area (Å²) >= 11 is 0. The van der Waals surface area contributed by atoms with Crippen LogP contribution >= 0.6 is 0 Å². The van der Waals surface area contributed by atoms with Gasteiger partial charge in [-0.1, -0.05) is 18.2 Å². The smallest absolute Gasteiger partial charge is 0.124 e. The molecule has 1 fully saturated rings. The van der Waals surface area contributed by atoms with E-state index < -0.39 is 0 Å². The second-order valence-electron chi connectivity index (χ2n) is 6.14. The molecule has 3 rings (SSSR count). The number of morpholine rings is 1. The number of nitrogens with one attached hydrogen (secondary N) is 1. The number of para-hydroxylation sites is 1. The van der Waals surface area contributed by atoms with E-state index in [1.807, 2.05) is 30.3 Å². The monoisotopic (exact) mass is 327 g/mol. The van der Waals surface area contributed by atoms with Crippen molar-refractivity contribution in [1.29, 1.82) is 0 Å². The van der Waals surface area contributed by atoms with E-state index in [9.17, 15) is 0 Å². The van der Waals surface area contributed by atoms with Gasteiger partial charge in [-0.15, -0.1) is 0 Å². The van der Waals surface area contributed by atoms with Gasteiger partial charge >= 0.3 is 0 Å². The number of aromatic nitrogens is 1. The molecule has 0 spiro atoms. The van der Waals surface area contributed by atoms with Crippen molar-refractivity contribution in [2.24, 2.45) is 0 Å². The van der Waals surface area contributed by atoms with Crippen molar-refractivity contribution in [3.8, 4) is 5.75 Å². The Labute approximate surface area is 143 Å². The molecule has 1 aromatic heterocycles. The molecule has 0 bridgehead atoms. The van der Waals surface area contributed by atoms with Gasteiger partial charge in [0, 0.05) is 44.1 Å². The number of benzene rings is 1. The van der Waals surface area contributed by atoms with Crippen LogP contribution in [0.2, 0.25) is 0 Å². The van der Waals surface area contributed by atoms with Gasteiger partial charge in [0.1, 0.15) is 12.4 Å². The van der Waals surface area contributed by atoms with Crippen LogP contribution in [0.3, 0.4) is 0 Å². The van der Waals surface area contributed by atoms with Crippen molar-refractivity contribution in [2.45, 2.75) is 19.3 Å². The number of hydrogen-bond acceptors (Lipinski definition) is 5. The minimum atomic E-state index is 0.258. The maximum Gasteiger partial charge on any atom is 0.124 e. The molecular weight excluding hydrogens is 302 g/mol. The predicted molar refractivity (Wildman–Crippen MR) is 94.0 cm³/mol. The first-order valence-corrected chi connectivity index (χ1v) is 8.42. The minimum Gasteiger partial charge on any atom is -0.489 e.